The Kier molecular flexibility index (Phi) is 3.91. The number of likely N-dealkylation sites (tertiary alicyclic amines) is 1. The molecule has 0 aliphatic carbocycles. The van der Waals surface area contributed by atoms with Crippen molar-refractivity contribution < 1.29 is 4.79 Å². The molecule has 5 nitrogen and oxygen atoms in total. The van der Waals surface area contributed by atoms with E-state index in [1.165, 1.54) is 0 Å². The summed E-state index contributed by atoms with van der Waals surface area (Å²) in [6.07, 6.45) is 8.83. The van der Waals surface area contributed by atoms with Crippen molar-refractivity contribution in [1.29, 1.82) is 0 Å². The lowest BCUT2D eigenvalue weighted by atomic mass is 9.93. The second kappa shape index (κ2) is 6.35. The second-order valence-electron chi connectivity index (χ2n) is 6.08. The molecule has 24 heavy (non-hydrogen) atoms. The van der Waals surface area contributed by atoms with E-state index in [4.69, 9.17) is 0 Å². The number of amides is 1. The molecule has 1 aromatic carbocycles. The minimum atomic E-state index is 0.0666. The van der Waals surface area contributed by atoms with Crippen LogP contribution in [-0.2, 0) is 0 Å². The maximum Gasteiger partial charge on any atom is 0.256 e. The van der Waals surface area contributed by atoms with Crippen LogP contribution in [0.25, 0.3) is 10.9 Å². The van der Waals surface area contributed by atoms with E-state index in [1.807, 2.05) is 41.4 Å². The van der Waals surface area contributed by atoms with E-state index in [0.717, 1.165) is 42.5 Å². The molecule has 1 saturated heterocycles. The molecule has 0 unspecified atom stereocenters. The van der Waals surface area contributed by atoms with E-state index < -0.39 is 0 Å². The van der Waals surface area contributed by atoms with Gasteiger partial charge in [0.05, 0.1) is 16.8 Å². The Balaban J connectivity index is 1.52. The van der Waals surface area contributed by atoms with Crippen molar-refractivity contribution in [2.24, 2.45) is 0 Å². The zero-order valence-corrected chi connectivity index (χ0v) is 13.3. The molecule has 4 rings (SSSR count). The third-order valence-electron chi connectivity index (χ3n) is 4.65. The van der Waals surface area contributed by atoms with E-state index in [0.29, 0.717) is 11.5 Å². The van der Waals surface area contributed by atoms with Crippen molar-refractivity contribution in [3.63, 3.8) is 0 Å². The van der Waals surface area contributed by atoms with Crippen LogP contribution in [0.5, 0.6) is 0 Å². The predicted octanol–water partition coefficient (Wildman–Crippen LogP) is 3.04. The number of carbonyl (C=O) groups is 1. The monoisotopic (exact) mass is 318 g/mol. The lowest BCUT2D eigenvalue weighted by molar-refractivity contribution is 0.0714. The summed E-state index contributed by atoms with van der Waals surface area (Å²) in [5.41, 5.74) is 2.49. The van der Waals surface area contributed by atoms with Crippen LogP contribution >= 0.6 is 0 Å². The number of hydrogen-bond donors (Lipinski definition) is 0. The van der Waals surface area contributed by atoms with E-state index in [1.54, 1.807) is 18.6 Å². The minimum Gasteiger partial charge on any atom is -0.339 e. The lowest BCUT2D eigenvalue weighted by Gasteiger charge is -2.31. The Hall–Kier alpha value is -2.82. The van der Waals surface area contributed by atoms with Gasteiger partial charge >= 0.3 is 0 Å². The summed E-state index contributed by atoms with van der Waals surface area (Å²) in [6.45, 7) is 1.48. The molecule has 1 fully saturated rings. The fourth-order valence-electron chi connectivity index (χ4n) is 3.35. The average molecular weight is 318 g/mol. The molecule has 0 bridgehead atoms. The zero-order valence-electron chi connectivity index (χ0n) is 13.3. The summed E-state index contributed by atoms with van der Waals surface area (Å²) in [4.78, 5) is 27.8. The highest BCUT2D eigenvalue weighted by molar-refractivity contribution is 6.05. The topological polar surface area (TPSA) is 59.0 Å². The third kappa shape index (κ3) is 2.73. The van der Waals surface area contributed by atoms with Crippen molar-refractivity contribution in [2.45, 2.75) is 18.8 Å². The minimum absolute atomic E-state index is 0.0666. The van der Waals surface area contributed by atoms with Gasteiger partial charge in [-0.25, -0.2) is 0 Å². The molecule has 3 aromatic rings. The molecule has 2 aromatic heterocycles. The Morgan fingerprint density at radius 2 is 1.83 bits per heavy atom. The van der Waals surface area contributed by atoms with Gasteiger partial charge in [0.2, 0.25) is 0 Å². The van der Waals surface area contributed by atoms with Crippen LogP contribution in [0.2, 0.25) is 0 Å². The maximum atomic E-state index is 12.9. The first-order chi connectivity index (χ1) is 11.8. The molecule has 0 radical (unpaired) electrons. The highest BCUT2D eigenvalue weighted by atomic mass is 16.2. The summed E-state index contributed by atoms with van der Waals surface area (Å²) in [5.74, 6) is 0.449. The number of rotatable bonds is 2. The van der Waals surface area contributed by atoms with Crippen LogP contribution in [0.1, 0.15) is 34.8 Å². The summed E-state index contributed by atoms with van der Waals surface area (Å²) in [5, 5.41) is 0.998. The molecule has 1 aliphatic rings. The van der Waals surface area contributed by atoms with Crippen LogP contribution in [0, 0.1) is 0 Å². The zero-order chi connectivity index (χ0) is 16.4. The van der Waals surface area contributed by atoms with Gasteiger partial charge in [-0.1, -0.05) is 18.2 Å². The second-order valence-corrected chi connectivity index (χ2v) is 6.08. The first kappa shape index (κ1) is 14.8. The Labute approximate surface area is 140 Å². The number of pyridine rings is 1. The molecule has 3 heterocycles. The van der Waals surface area contributed by atoms with E-state index in [2.05, 4.69) is 15.0 Å². The molecule has 0 N–H and O–H groups in total. The van der Waals surface area contributed by atoms with Gasteiger partial charge in [-0.2, -0.15) is 0 Å². The van der Waals surface area contributed by atoms with E-state index in [9.17, 15) is 4.79 Å². The number of benzene rings is 1. The molecular weight excluding hydrogens is 300 g/mol. The van der Waals surface area contributed by atoms with Gasteiger partial charge < -0.3 is 4.90 Å². The smallest absolute Gasteiger partial charge is 0.256 e. The van der Waals surface area contributed by atoms with Gasteiger partial charge in [0.15, 0.2) is 0 Å². The van der Waals surface area contributed by atoms with E-state index >= 15 is 0 Å². The molecule has 1 amide bonds. The average Bonchev–Trinajstić information content (AvgIpc) is 2.68. The number of carbonyl (C=O) groups excluding carboxylic acids is 1. The summed E-state index contributed by atoms with van der Waals surface area (Å²) in [7, 11) is 0. The number of para-hydroxylation sites is 1. The number of hydrogen-bond acceptors (Lipinski definition) is 4. The third-order valence-corrected chi connectivity index (χ3v) is 4.65. The number of piperidine rings is 1. The maximum absolute atomic E-state index is 12.9. The summed E-state index contributed by atoms with van der Waals surface area (Å²) in [6, 6.07) is 9.65. The normalized spacial score (nSPS) is 15.6. The van der Waals surface area contributed by atoms with Crippen LogP contribution in [0.3, 0.4) is 0 Å². The first-order valence-electron chi connectivity index (χ1n) is 8.22. The van der Waals surface area contributed by atoms with Gasteiger partial charge in [0.25, 0.3) is 5.91 Å². The summed E-state index contributed by atoms with van der Waals surface area (Å²) >= 11 is 0. The van der Waals surface area contributed by atoms with Gasteiger partial charge in [-0.05, 0) is 25.0 Å². The first-order valence-corrected chi connectivity index (χ1v) is 8.22. The molecule has 5 heteroatoms. The van der Waals surface area contributed by atoms with Crippen LogP contribution in [-0.4, -0.2) is 38.8 Å². The van der Waals surface area contributed by atoms with Crippen LogP contribution < -0.4 is 0 Å². The van der Waals surface area contributed by atoms with E-state index in [-0.39, 0.29) is 5.91 Å². The van der Waals surface area contributed by atoms with Gasteiger partial charge in [-0.15, -0.1) is 0 Å². The quantitative estimate of drug-likeness (QED) is 0.728. The van der Waals surface area contributed by atoms with Crippen molar-refractivity contribution in [3.05, 3.63) is 66.4 Å². The highest BCUT2D eigenvalue weighted by Crippen LogP contribution is 2.27. The van der Waals surface area contributed by atoms with Crippen molar-refractivity contribution in [2.75, 3.05) is 13.1 Å². The Bertz CT molecular complexity index is 852. The fourth-order valence-corrected chi connectivity index (χ4v) is 3.35. The molecule has 120 valence electrons. The van der Waals surface area contributed by atoms with Gasteiger partial charge in [-0.3, -0.25) is 19.7 Å². The van der Waals surface area contributed by atoms with Crippen LogP contribution in [0.4, 0.5) is 0 Å². The molecular formula is C19H18N4O. The van der Waals surface area contributed by atoms with Crippen molar-refractivity contribution >= 4 is 16.8 Å². The largest absolute Gasteiger partial charge is 0.339 e. The standard InChI is InChI=1S/C19H18N4O/c24-19(16-5-1-3-15-4-2-8-22-18(15)16)23-11-6-14(7-12-23)17-13-20-9-10-21-17/h1-5,8-10,13-14H,6-7,11-12H2. The molecule has 0 atom stereocenters. The number of aromatic nitrogens is 3. The Morgan fingerprint density at radius 3 is 2.62 bits per heavy atom. The highest BCUT2D eigenvalue weighted by Gasteiger charge is 2.26. The molecule has 0 saturated carbocycles. The van der Waals surface area contributed by atoms with Crippen molar-refractivity contribution in [3.8, 4) is 0 Å². The SMILES string of the molecule is O=C(c1cccc2cccnc12)N1CCC(c2cnccn2)CC1. The molecule has 1 aliphatic heterocycles. The molecule has 0 spiro atoms. The fraction of sp³-hybridized carbons (Fsp3) is 0.263. The summed E-state index contributed by atoms with van der Waals surface area (Å²) < 4.78 is 0. The van der Waals surface area contributed by atoms with Gasteiger partial charge in [0, 0.05) is 49.2 Å². The number of fused-ring (bicyclic) bond motifs is 1. The number of nitrogens with zero attached hydrogens (tertiary/aromatic N) is 4. The predicted molar refractivity (Wildman–Crippen MR) is 91.7 cm³/mol. The van der Waals surface area contributed by atoms with Crippen molar-refractivity contribution in [1.82, 2.24) is 19.9 Å². The van der Waals surface area contributed by atoms with Crippen LogP contribution in [0.15, 0.2) is 55.1 Å². The Morgan fingerprint density at radius 1 is 1.00 bits per heavy atom. The van der Waals surface area contributed by atoms with Gasteiger partial charge in [0.1, 0.15) is 0 Å². The lowest BCUT2D eigenvalue weighted by Crippen LogP contribution is -2.38.